The average Bonchev–Trinajstić information content (AvgIpc) is 2.70. The molecule has 2 amide bonds. The molecule has 0 atom stereocenters. The molecule has 0 fully saturated rings. The average molecular weight is 493 g/mol. The molecule has 11 heteroatoms. The van der Waals surface area contributed by atoms with Crippen LogP contribution in [0.5, 0.6) is 11.5 Å². The van der Waals surface area contributed by atoms with Crippen molar-refractivity contribution in [2.45, 2.75) is 11.4 Å². The SMILES string of the molecule is O=C1NCc2c(Oc3ccc(NS(=O)(=O)c4ccc(Br)cc4)cc3F)ccnc2N1. The van der Waals surface area contributed by atoms with Gasteiger partial charge in [-0.3, -0.25) is 10.0 Å². The molecule has 0 saturated heterocycles. The number of nitrogens with zero attached hydrogens (tertiary/aromatic N) is 1. The van der Waals surface area contributed by atoms with Gasteiger partial charge in [-0.25, -0.2) is 22.6 Å². The smallest absolute Gasteiger partial charge is 0.320 e. The van der Waals surface area contributed by atoms with Gasteiger partial charge in [-0.2, -0.15) is 0 Å². The predicted octanol–water partition coefficient (Wildman–Crippen LogP) is 4.21. The first-order chi connectivity index (χ1) is 14.3. The second-order valence-electron chi connectivity index (χ2n) is 6.25. The lowest BCUT2D eigenvalue weighted by atomic mass is 10.2. The number of carbonyl (C=O) groups is 1. The van der Waals surface area contributed by atoms with Gasteiger partial charge in [0.25, 0.3) is 10.0 Å². The summed E-state index contributed by atoms with van der Waals surface area (Å²) in [5.41, 5.74) is 0.616. The summed E-state index contributed by atoms with van der Waals surface area (Å²) in [5, 5.41) is 5.13. The van der Waals surface area contributed by atoms with Crippen molar-refractivity contribution >= 4 is 43.5 Å². The highest BCUT2D eigenvalue weighted by atomic mass is 79.9. The van der Waals surface area contributed by atoms with E-state index >= 15 is 0 Å². The Morgan fingerprint density at radius 1 is 1.10 bits per heavy atom. The number of benzene rings is 2. The van der Waals surface area contributed by atoms with E-state index < -0.39 is 15.8 Å². The molecule has 0 bridgehead atoms. The number of aromatic nitrogens is 1. The number of hydrogen-bond acceptors (Lipinski definition) is 5. The van der Waals surface area contributed by atoms with E-state index in [9.17, 15) is 17.6 Å². The number of anilines is 2. The number of sulfonamides is 1. The lowest BCUT2D eigenvalue weighted by molar-refractivity contribution is 0.250. The number of amides is 2. The number of pyridine rings is 1. The van der Waals surface area contributed by atoms with E-state index in [1.807, 2.05) is 0 Å². The highest BCUT2D eigenvalue weighted by Gasteiger charge is 2.20. The van der Waals surface area contributed by atoms with Crippen molar-refractivity contribution in [1.82, 2.24) is 10.3 Å². The fourth-order valence-corrected chi connectivity index (χ4v) is 4.08. The predicted molar refractivity (Wildman–Crippen MR) is 112 cm³/mol. The number of halogens is 2. The maximum atomic E-state index is 14.6. The number of hydrogen-bond donors (Lipinski definition) is 3. The normalized spacial score (nSPS) is 13.1. The fraction of sp³-hybridized carbons (Fsp3) is 0.0526. The lowest BCUT2D eigenvalue weighted by Crippen LogP contribution is -2.34. The van der Waals surface area contributed by atoms with Gasteiger partial charge in [0.2, 0.25) is 0 Å². The summed E-state index contributed by atoms with van der Waals surface area (Å²) in [4.78, 5) is 15.5. The van der Waals surface area contributed by atoms with E-state index in [-0.39, 0.29) is 28.9 Å². The van der Waals surface area contributed by atoms with Crippen LogP contribution in [0.1, 0.15) is 5.56 Å². The Balaban J connectivity index is 1.55. The quantitative estimate of drug-likeness (QED) is 0.494. The summed E-state index contributed by atoms with van der Waals surface area (Å²) < 4.78 is 48.2. The summed E-state index contributed by atoms with van der Waals surface area (Å²) in [6, 6.07) is 10.9. The third-order valence-electron chi connectivity index (χ3n) is 4.20. The first-order valence-corrected chi connectivity index (χ1v) is 10.9. The van der Waals surface area contributed by atoms with E-state index in [2.05, 4.69) is 36.3 Å². The third-order valence-corrected chi connectivity index (χ3v) is 6.12. The molecule has 1 aliphatic rings. The van der Waals surface area contributed by atoms with Gasteiger partial charge in [0.15, 0.2) is 11.6 Å². The summed E-state index contributed by atoms with van der Waals surface area (Å²) in [6.45, 7) is 0.178. The minimum absolute atomic E-state index is 0.0457. The molecule has 154 valence electrons. The van der Waals surface area contributed by atoms with Crippen molar-refractivity contribution in [2.75, 3.05) is 10.0 Å². The van der Waals surface area contributed by atoms with Crippen LogP contribution in [-0.2, 0) is 16.6 Å². The van der Waals surface area contributed by atoms with Crippen LogP contribution in [0.3, 0.4) is 0 Å². The molecule has 0 saturated carbocycles. The van der Waals surface area contributed by atoms with Crippen LogP contribution in [0.2, 0.25) is 0 Å². The molecule has 3 aromatic rings. The Labute approximate surface area is 179 Å². The van der Waals surface area contributed by atoms with Crippen LogP contribution in [-0.4, -0.2) is 19.4 Å². The molecule has 2 heterocycles. The number of nitrogens with one attached hydrogen (secondary N) is 3. The van der Waals surface area contributed by atoms with Gasteiger partial charge < -0.3 is 10.1 Å². The van der Waals surface area contributed by atoms with Gasteiger partial charge in [0.05, 0.1) is 22.7 Å². The van der Waals surface area contributed by atoms with Gasteiger partial charge in [-0.1, -0.05) is 15.9 Å². The zero-order valence-corrected chi connectivity index (χ0v) is 17.6. The van der Waals surface area contributed by atoms with Crippen molar-refractivity contribution in [2.24, 2.45) is 0 Å². The second-order valence-corrected chi connectivity index (χ2v) is 8.85. The zero-order valence-electron chi connectivity index (χ0n) is 15.1. The van der Waals surface area contributed by atoms with E-state index in [1.54, 1.807) is 18.2 Å². The van der Waals surface area contributed by atoms with E-state index in [0.717, 1.165) is 10.5 Å². The summed E-state index contributed by atoms with van der Waals surface area (Å²) in [7, 11) is -3.87. The third kappa shape index (κ3) is 4.21. The molecular weight excluding hydrogens is 479 g/mol. The second kappa shape index (κ2) is 7.92. The van der Waals surface area contributed by atoms with Gasteiger partial charge in [0.1, 0.15) is 11.6 Å². The maximum Gasteiger partial charge on any atom is 0.320 e. The molecule has 0 aliphatic carbocycles. The summed E-state index contributed by atoms with van der Waals surface area (Å²) >= 11 is 3.24. The molecule has 30 heavy (non-hydrogen) atoms. The molecule has 8 nitrogen and oxygen atoms in total. The Morgan fingerprint density at radius 2 is 1.87 bits per heavy atom. The van der Waals surface area contributed by atoms with Crippen LogP contribution in [0, 0.1) is 5.82 Å². The standard InChI is InChI=1S/C19H14BrFN4O4S/c20-11-1-4-13(5-2-11)30(27,28)25-12-3-6-17(15(21)9-12)29-16-7-8-22-18-14(16)10-23-19(26)24-18/h1-9,25H,10H2,(H2,22,23,24,26). The van der Waals surface area contributed by atoms with E-state index in [4.69, 9.17) is 4.74 Å². The van der Waals surface area contributed by atoms with Crippen LogP contribution in [0.4, 0.5) is 20.7 Å². The highest BCUT2D eigenvalue weighted by molar-refractivity contribution is 9.10. The minimum atomic E-state index is -3.87. The number of fused-ring (bicyclic) bond motifs is 1. The number of ether oxygens (including phenoxy) is 1. The van der Waals surface area contributed by atoms with Crippen molar-refractivity contribution < 1.29 is 22.3 Å². The van der Waals surface area contributed by atoms with Gasteiger partial charge in [-0.05, 0) is 42.5 Å². The highest BCUT2D eigenvalue weighted by Crippen LogP contribution is 2.33. The van der Waals surface area contributed by atoms with Crippen molar-refractivity contribution in [3.8, 4) is 11.5 Å². The number of carbonyl (C=O) groups excluding carboxylic acids is 1. The summed E-state index contributed by atoms with van der Waals surface area (Å²) in [5.74, 6) is -0.221. The summed E-state index contributed by atoms with van der Waals surface area (Å²) in [6.07, 6.45) is 1.43. The zero-order chi connectivity index (χ0) is 21.3. The fourth-order valence-electron chi connectivity index (χ4n) is 2.76. The van der Waals surface area contributed by atoms with Gasteiger partial charge in [0, 0.05) is 16.7 Å². The molecule has 2 aromatic carbocycles. The molecule has 1 aromatic heterocycles. The molecule has 1 aliphatic heterocycles. The van der Waals surface area contributed by atoms with Crippen molar-refractivity contribution in [3.63, 3.8) is 0 Å². The molecular formula is C19H14BrFN4O4S. The van der Waals surface area contributed by atoms with Crippen molar-refractivity contribution in [1.29, 1.82) is 0 Å². The first kappa shape index (κ1) is 20.1. The number of rotatable bonds is 5. The van der Waals surface area contributed by atoms with Crippen LogP contribution < -0.4 is 20.1 Å². The Bertz CT molecular complexity index is 1240. The first-order valence-electron chi connectivity index (χ1n) is 8.60. The molecule has 0 spiro atoms. The topological polar surface area (TPSA) is 109 Å². The van der Waals surface area contributed by atoms with Crippen molar-refractivity contribution in [3.05, 3.63) is 70.6 Å². The largest absolute Gasteiger partial charge is 0.454 e. The van der Waals surface area contributed by atoms with Gasteiger partial charge in [-0.15, -0.1) is 0 Å². The molecule has 0 radical (unpaired) electrons. The maximum absolute atomic E-state index is 14.6. The Hall–Kier alpha value is -3.18. The van der Waals surface area contributed by atoms with Crippen LogP contribution >= 0.6 is 15.9 Å². The van der Waals surface area contributed by atoms with E-state index in [0.29, 0.717) is 17.1 Å². The van der Waals surface area contributed by atoms with Crippen LogP contribution in [0.25, 0.3) is 0 Å². The van der Waals surface area contributed by atoms with Gasteiger partial charge >= 0.3 is 6.03 Å². The monoisotopic (exact) mass is 492 g/mol. The molecule has 0 unspecified atom stereocenters. The lowest BCUT2D eigenvalue weighted by Gasteiger charge is -2.20. The van der Waals surface area contributed by atoms with Crippen LogP contribution in [0.15, 0.2) is 64.1 Å². The Kier molecular flexibility index (Phi) is 5.31. The Morgan fingerprint density at radius 3 is 2.60 bits per heavy atom. The molecule has 4 rings (SSSR count). The number of urea groups is 1. The van der Waals surface area contributed by atoms with E-state index in [1.165, 1.54) is 30.5 Å². The molecule has 3 N–H and O–H groups in total. The minimum Gasteiger partial charge on any atom is -0.454 e.